The number of ether oxygens (including phenoxy) is 1. The first-order valence-corrected chi connectivity index (χ1v) is 18.1. The molecule has 0 amide bonds. The second-order valence-electron chi connectivity index (χ2n) is 13.9. The maximum atomic E-state index is 7.26. The lowest BCUT2D eigenvalue weighted by molar-refractivity contribution is 0.467. The van der Waals surface area contributed by atoms with Gasteiger partial charge in [0.15, 0.2) is 0 Å². The summed E-state index contributed by atoms with van der Waals surface area (Å²) >= 11 is 0. The Bertz CT molecular complexity index is 2900. The van der Waals surface area contributed by atoms with Gasteiger partial charge in [-0.1, -0.05) is 188 Å². The standard InChI is InChI=1S/C51H32O/c1-2-14-32(15-3-1)35-24-12-27-38-36(25-13-26-37(35)38)33-28-30-34(31-29-33)47-48-43-20-8-4-16-39(43)41-18-6-10-22-45(41)50(48)52-51-46-23-11-7-19-42(46)40-17-5-9-21-44(40)49(47)51/h1-31,47H. The van der Waals surface area contributed by atoms with Crippen molar-refractivity contribution in [3.8, 4) is 33.8 Å². The summed E-state index contributed by atoms with van der Waals surface area (Å²) in [6, 6.07) is 68.5. The van der Waals surface area contributed by atoms with Crippen LogP contribution in [0.5, 0.6) is 11.5 Å². The Labute approximate surface area is 302 Å². The minimum Gasteiger partial charge on any atom is -0.455 e. The summed E-state index contributed by atoms with van der Waals surface area (Å²) in [6.45, 7) is 0. The summed E-state index contributed by atoms with van der Waals surface area (Å²) in [7, 11) is 0. The summed E-state index contributed by atoms with van der Waals surface area (Å²) in [6.07, 6.45) is 0. The highest BCUT2D eigenvalue weighted by Crippen LogP contribution is 2.57. The van der Waals surface area contributed by atoms with Gasteiger partial charge >= 0.3 is 0 Å². The van der Waals surface area contributed by atoms with Crippen molar-refractivity contribution in [1.29, 1.82) is 0 Å². The highest BCUT2D eigenvalue weighted by molar-refractivity contribution is 6.17. The van der Waals surface area contributed by atoms with Gasteiger partial charge in [0.25, 0.3) is 0 Å². The van der Waals surface area contributed by atoms with E-state index >= 15 is 0 Å². The van der Waals surface area contributed by atoms with E-state index in [0.29, 0.717) is 0 Å². The van der Waals surface area contributed by atoms with Crippen molar-refractivity contribution in [3.05, 3.63) is 205 Å². The average molecular weight is 661 g/mol. The van der Waals surface area contributed by atoms with Crippen molar-refractivity contribution in [2.75, 3.05) is 0 Å². The number of hydrogen-bond donors (Lipinski definition) is 0. The molecule has 1 aliphatic heterocycles. The molecular weight excluding hydrogens is 629 g/mol. The number of rotatable bonds is 3. The molecule has 0 spiro atoms. The Hall–Kier alpha value is -6.70. The third-order valence-corrected chi connectivity index (χ3v) is 11.2. The van der Waals surface area contributed by atoms with Crippen LogP contribution in [-0.4, -0.2) is 0 Å². The molecule has 0 radical (unpaired) electrons. The minimum absolute atomic E-state index is 0.0472. The molecule has 1 aliphatic rings. The Kier molecular flexibility index (Phi) is 6.38. The van der Waals surface area contributed by atoms with Gasteiger partial charge in [-0.15, -0.1) is 0 Å². The van der Waals surface area contributed by atoms with Gasteiger partial charge in [-0.3, -0.25) is 0 Å². The summed E-state index contributed by atoms with van der Waals surface area (Å²) in [5.41, 5.74) is 8.64. The van der Waals surface area contributed by atoms with Crippen molar-refractivity contribution in [2.45, 2.75) is 5.92 Å². The van der Waals surface area contributed by atoms with E-state index in [1.807, 2.05) is 0 Å². The van der Waals surface area contributed by atoms with Crippen LogP contribution in [0.25, 0.3) is 76.1 Å². The van der Waals surface area contributed by atoms with E-state index in [1.54, 1.807) is 0 Å². The van der Waals surface area contributed by atoms with Gasteiger partial charge in [0, 0.05) is 27.8 Å². The monoisotopic (exact) mass is 660 g/mol. The first-order valence-electron chi connectivity index (χ1n) is 18.1. The molecular formula is C51H32O. The lowest BCUT2D eigenvalue weighted by atomic mass is 9.76. The summed E-state index contributed by atoms with van der Waals surface area (Å²) in [5, 5.41) is 12.2. The normalized spacial score (nSPS) is 12.7. The Balaban J connectivity index is 1.18. The molecule has 0 bridgehead atoms. The smallest absolute Gasteiger partial charge is 0.140 e. The van der Waals surface area contributed by atoms with Gasteiger partial charge in [0.05, 0.1) is 0 Å². The van der Waals surface area contributed by atoms with Gasteiger partial charge in [0.2, 0.25) is 0 Å². The fourth-order valence-electron chi connectivity index (χ4n) is 8.93. The number of fused-ring (bicyclic) bond motifs is 13. The number of hydrogen-bond acceptors (Lipinski definition) is 1. The molecule has 0 N–H and O–H groups in total. The number of benzene rings is 10. The summed E-state index contributed by atoms with van der Waals surface area (Å²) < 4.78 is 7.26. The molecule has 1 heteroatoms. The van der Waals surface area contributed by atoms with Gasteiger partial charge in [-0.25, -0.2) is 0 Å². The van der Waals surface area contributed by atoms with Crippen LogP contribution in [0.4, 0.5) is 0 Å². The molecule has 242 valence electrons. The van der Waals surface area contributed by atoms with Crippen LogP contribution in [0.3, 0.4) is 0 Å². The van der Waals surface area contributed by atoms with E-state index in [2.05, 4.69) is 188 Å². The lowest BCUT2D eigenvalue weighted by Gasteiger charge is -2.33. The highest BCUT2D eigenvalue weighted by atomic mass is 16.5. The van der Waals surface area contributed by atoms with Crippen LogP contribution < -0.4 is 4.74 Å². The zero-order valence-electron chi connectivity index (χ0n) is 28.4. The molecule has 0 aliphatic carbocycles. The van der Waals surface area contributed by atoms with Gasteiger partial charge in [-0.05, 0) is 70.9 Å². The van der Waals surface area contributed by atoms with Gasteiger partial charge in [-0.2, -0.15) is 0 Å². The molecule has 0 fully saturated rings. The minimum atomic E-state index is -0.0472. The first-order chi connectivity index (χ1) is 25.8. The SMILES string of the molecule is c1ccc(-c2cccc3c(-c4ccc(C5c6c(c7ccccc7c7ccccc67)Oc6c5c5ccccc5c5ccccc65)cc4)cccc23)cc1. The molecule has 0 unspecified atom stereocenters. The fraction of sp³-hybridized carbons (Fsp3) is 0.0196. The first kappa shape index (κ1) is 29.1. The van der Waals surface area contributed by atoms with E-state index in [0.717, 1.165) is 22.3 Å². The predicted molar refractivity (Wildman–Crippen MR) is 219 cm³/mol. The fourth-order valence-corrected chi connectivity index (χ4v) is 8.93. The summed E-state index contributed by atoms with van der Waals surface area (Å²) in [4.78, 5) is 0. The molecule has 10 aromatic carbocycles. The van der Waals surface area contributed by atoms with Crippen molar-refractivity contribution < 1.29 is 4.74 Å². The van der Waals surface area contributed by atoms with E-state index < -0.39 is 0 Å². The Morgan fingerprint density at radius 3 is 1.12 bits per heavy atom. The van der Waals surface area contributed by atoms with Crippen LogP contribution in [0, 0.1) is 0 Å². The molecule has 1 nitrogen and oxygen atoms in total. The maximum Gasteiger partial charge on any atom is 0.140 e. The van der Waals surface area contributed by atoms with Crippen LogP contribution in [0.2, 0.25) is 0 Å². The molecule has 1 heterocycles. The average Bonchev–Trinajstić information content (AvgIpc) is 3.23. The molecule has 52 heavy (non-hydrogen) atoms. The molecule has 0 saturated carbocycles. The van der Waals surface area contributed by atoms with Crippen LogP contribution in [0.15, 0.2) is 188 Å². The molecule has 0 aromatic heterocycles. The van der Waals surface area contributed by atoms with Crippen molar-refractivity contribution in [3.63, 3.8) is 0 Å². The summed E-state index contributed by atoms with van der Waals surface area (Å²) in [5.74, 6) is 1.87. The van der Waals surface area contributed by atoms with E-state index in [4.69, 9.17) is 4.74 Å². The van der Waals surface area contributed by atoms with Crippen LogP contribution in [-0.2, 0) is 0 Å². The highest BCUT2D eigenvalue weighted by Gasteiger charge is 2.35. The van der Waals surface area contributed by atoms with Crippen molar-refractivity contribution >= 4 is 53.9 Å². The second-order valence-corrected chi connectivity index (χ2v) is 13.9. The quantitative estimate of drug-likeness (QED) is 0.171. The predicted octanol–water partition coefficient (Wildman–Crippen LogP) is 14.1. The molecule has 0 atom stereocenters. The van der Waals surface area contributed by atoms with E-state index in [9.17, 15) is 0 Å². The van der Waals surface area contributed by atoms with Crippen molar-refractivity contribution in [1.82, 2.24) is 0 Å². The van der Waals surface area contributed by atoms with Crippen LogP contribution >= 0.6 is 0 Å². The second kappa shape index (κ2) is 11.4. The molecule has 11 rings (SSSR count). The molecule has 10 aromatic rings. The van der Waals surface area contributed by atoms with Crippen LogP contribution in [0.1, 0.15) is 22.6 Å². The zero-order valence-corrected chi connectivity index (χ0v) is 28.4. The Morgan fingerprint density at radius 1 is 0.269 bits per heavy atom. The maximum absolute atomic E-state index is 7.26. The third kappa shape index (κ3) is 4.23. The topological polar surface area (TPSA) is 9.23 Å². The van der Waals surface area contributed by atoms with Gasteiger partial charge < -0.3 is 4.74 Å². The van der Waals surface area contributed by atoms with E-state index in [1.165, 1.54) is 82.0 Å². The largest absolute Gasteiger partial charge is 0.455 e. The molecule has 0 saturated heterocycles. The third-order valence-electron chi connectivity index (χ3n) is 11.2. The zero-order chi connectivity index (χ0) is 34.2. The van der Waals surface area contributed by atoms with E-state index in [-0.39, 0.29) is 5.92 Å². The van der Waals surface area contributed by atoms with Gasteiger partial charge in [0.1, 0.15) is 11.5 Å². The Morgan fingerprint density at radius 2 is 0.635 bits per heavy atom. The van der Waals surface area contributed by atoms with Crippen molar-refractivity contribution in [2.24, 2.45) is 0 Å². The lowest BCUT2D eigenvalue weighted by Crippen LogP contribution is -2.14.